The average Bonchev–Trinajstić information content (AvgIpc) is 3.02. The summed E-state index contributed by atoms with van der Waals surface area (Å²) in [6.45, 7) is 5.22. The molecule has 5 nitrogen and oxygen atoms in total. The van der Waals surface area contributed by atoms with Gasteiger partial charge in [-0.05, 0) is 56.6 Å². The van der Waals surface area contributed by atoms with Gasteiger partial charge in [0.15, 0.2) is 0 Å². The first kappa shape index (κ1) is 16.9. The van der Waals surface area contributed by atoms with E-state index in [0.29, 0.717) is 5.92 Å². The summed E-state index contributed by atoms with van der Waals surface area (Å²) >= 11 is 0. The van der Waals surface area contributed by atoms with Crippen LogP contribution in [0.4, 0.5) is 0 Å². The van der Waals surface area contributed by atoms with Crippen LogP contribution in [0, 0.1) is 6.92 Å². The van der Waals surface area contributed by atoms with Crippen molar-refractivity contribution >= 4 is 0 Å². The molecule has 1 saturated heterocycles. The van der Waals surface area contributed by atoms with E-state index < -0.39 is 0 Å². The van der Waals surface area contributed by atoms with Gasteiger partial charge >= 0.3 is 0 Å². The van der Waals surface area contributed by atoms with Crippen LogP contribution in [0.25, 0.3) is 11.4 Å². The Hall–Kier alpha value is -2.53. The molecule has 5 heteroatoms. The molecule has 0 amide bonds. The van der Waals surface area contributed by atoms with Crippen LogP contribution in [0.1, 0.15) is 35.8 Å². The second-order valence-corrected chi connectivity index (χ2v) is 7.11. The fraction of sp³-hybridized carbons (Fsp3) is 0.381. The number of imidazole rings is 1. The van der Waals surface area contributed by atoms with Crippen LogP contribution in [0.5, 0.6) is 0 Å². The van der Waals surface area contributed by atoms with Crippen LogP contribution in [0.3, 0.4) is 0 Å². The number of piperidine rings is 1. The predicted molar refractivity (Wildman–Crippen MR) is 103 cm³/mol. The zero-order valence-electron chi connectivity index (χ0n) is 15.5. The lowest BCUT2D eigenvalue weighted by Crippen LogP contribution is -2.32. The van der Waals surface area contributed by atoms with E-state index in [-0.39, 0.29) is 0 Å². The molecule has 1 fully saturated rings. The minimum absolute atomic E-state index is 0.537. The van der Waals surface area contributed by atoms with E-state index in [1.807, 2.05) is 38.6 Å². The molecule has 0 bridgehead atoms. The molecule has 0 spiro atoms. The minimum atomic E-state index is 0.537. The maximum atomic E-state index is 4.96. The Morgan fingerprint density at radius 3 is 2.62 bits per heavy atom. The number of aryl methyl sites for hydroxylation is 1. The Balaban J connectivity index is 1.43. The number of hydrogen-bond donors (Lipinski definition) is 0. The van der Waals surface area contributed by atoms with Crippen molar-refractivity contribution in [2.24, 2.45) is 7.05 Å². The Bertz CT molecular complexity index is 863. The lowest BCUT2D eigenvalue weighted by molar-refractivity contribution is 0.203. The Morgan fingerprint density at radius 1 is 1.08 bits per heavy atom. The van der Waals surface area contributed by atoms with Crippen molar-refractivity contribution in [1.29, 1.82) is 0 Å². The summed E-state index contributed by atoms with van der Waals surface area (Å²) in [5, 5.41) is 0. The number of rotatable bonds is 4. The highest BCUT2D eigenvalue weighted by Crippen LogP contribution is 2.29. The number of pyridine rings is 2. The Morgan fingerprint density at radius 2 is 1.92 bits per heavy atom. The molecular weight excluding hydrogens is 322 g/mol. The van der Waals surface area contributed by atoms with Gasteiger partial charge in [0.2, 0.25) is 0 Å². The molecular formula is C21H25N5. The fourth-order valence-corrected chi connectivity index (χ4v) is 3.70. The summed E-state index contributed by atoms with van der Waals surface area (Å²) in [6.07, 6.45) is 8.02. The van der Waals surface area contributed by atoms with E-state index >= 15 is 0 Å². The third kappa shape index (κ3) is 3.53. The van der Waals surface area contributed by atoms with E-state index in [2.05, 4.69) is 43.7 Å². The summed E-state index contributed by atoms with van der Waals surface area (Å²) in [5.41, 5.74) is 4.60. The molecule has 1 aliphatic rings. The Kier molecular flexibility index (Phi) is 4.80. The Labute approximate surface area is 154 Å². The second-order valence-electron chi connectivity index (χ2n) is 7.11. The van der Waals surface area contributed by atoms with Crippen molar-refractivity contribution in [3.05, 3.63) is 66.0 Å². The van der Waals surface area contributed by atoms with Gasteiger partial charge < -0.3 is 4.57 Å². The highest BCUT2D eigenvalue weighted by Gasteiger charge is 2.22. The van der Waals surface area contributed by atoms with Crippen LogP contribution in [0.2, 0.25) is 0 Å². The maximum Gasteiger partial charge on any atom is 0.105 e. The van der Waals surface area contributed by atoms with Crippen molar-refractivity contribution in [1.82, 2.24) is 24.4 Å². The predicted octanol–water partition coefficient (Wildman–Crippen LogP) is 3.57. The number of hydrogen-bond acceptors (Lipinski definition) is 4. The van der Waals surface area contributed by atoms with Gasteiger partial charge in [-0.3, -0.25) is 14.9 Å². The van der Waals surface area contributed by atoms with Gasteiger partial charge in [0.25, 0.3) is 0 Å². The lowest BCUT2D eigenvalue weighted by Gasteiger charge is -2.31. The third-order valence-corrected chi connectivity index (χ3v) is 5.39. The molecule has 0 aromatic carbocycles. The molecule has 4 heterocycles. The molecule has 0 aliphatic carbocycles. The molecule has 0 N–H and O–H groups in total. The quantitative estimate of drug-likeness (QED) is 0.724. The molecule has 134 valence electrons. The number of aromatic nitrogens is 4. The van der Waals surface area contributed by atoms with Gasteiger partial charge in [0, 0.05) is 37.6 Å². The van der Waals surface area contributed by atoms with Gasteiger partial charge in [-0.25, -0.2) is 4.98 Å². The topological polar surface area (TPSA) is 46.8 Å². The van der Waals surface area contributed by atoms with E-state index in [9.17, 15) is 0 Å². The highest BCUT2D eigenvalue weighted by molar-refractivity contribution is 5.54. The molecule has 26 heavy (non-hydrogen) atoms. The molecule has 0 unspecified atom stereocenters. The van der Waals surface area contributed by atoms with E-state index in [1.165, 1.54) is 11.3 Å². The highest BCUT2D eigenvalue weighted by atomic mass is 15.1. The first-order chi connectivity index (χ1) is 12.7. The van der Waals surface area contributed by atoms with Crippen LogP contribution >= 0.6 is 0 Å². The van der Waals surface area contributed by atoms with Gasteiger partial charge in [-0.15, -0.1) is 0 Å². The summed E-state index contributed by atoms with van der Waals surface area (Å²) < 4.78 is 2.10. The van der Waals surface area contributed by atoms with Crippen molar-refractivity contribution in [3.63, 3.8) is 0 Å². The number of nitrogens with zero attached hydrogens (tertiary/aromatic N) is 5. The van der Waals surface area contributed by atoms with Gasteiger partial charge in [0.05, 0.1) is 17.6 Å². The van der Waals surface area contributed by atoms with E-state index in [0.717, 1.165) is 49.7 Å². The minimum Gasteiger partial charge on any atom is -0.330 e. The molecule has 0 atom stereocenters. The molecule has 0 radical (unpaired) electrons. The van der Waals surface area contributed by atoms with Crippen LogP contribution in [0.15, 0.2) is 48.9 Å². The standard InChI is InChI=1S/C21H25N5/c1-16-23-14-21(25(16)2)20-7-3-6-19(24-20)18-8-11-26(12-9-18)15-17-5-4-10-22-13-17/h3-7,10,13-14,18H,8-9,11-12,15H2,1-2H3. The van der Waals surface area contributed by atoms with Gasteiger partial charge in [-0.2, -0.15) is 0 Å². The summed E-state index contributed by atoms with van der Waals surface area (Å²) in [6, 6.07) is 10.5. The van der Waals surface area contributed by atoms with Crippen molar-refractivity contribution in [3.8, 4) is 11.4 Å². The van der Waals surface area contributed by atoms with E-state index in [4.69, 9.17) is 4.98 Å². The molecule has 4 rings (SSSR count). The van der Waals surface area contributed by atoms with Crippen LogP contribution < -0.4 is 0 Å². The van der Waals surface area contributed by atoms with Crippen LogP contribution in [-0.4, -0.2) is 37.5 Å². The molecule has 3 aromatic rings. The normalized spacial score (nSPS) is 16.1. The second kappa shape index (κ2) is 7.38. The first-order valence-electron chi connectivity index (χ1n) is 9.27. The SMILES string of the molecule is Cc1ncc(-c2cccc(C3CCN(Cc4cccnc4)CC3)n2)n1C. The van der Waals surface area contributed by atoms with E-state index in [1.54, 1.807) is 0 Å². The smallest absolute Gasteiger partial charge is 0.105 e. The zero-order chi connectivity index (χ0) is 17.9. The molecule has 3 aromatic heterocycles. The lowest BCUT2D eigenvalue weighted by atomic mass is 9.92. The first-order valence-corrected chi connectivity index (χ1v) is 9.27. The molecule has 0 saturated carbocycles. The molecule has 1 aliphatic heterocycles. The summed E-state index contributed by atoms with van der Waals surface area (Å²) in [4.78, 5) is 16.1. The average molecular weight is 347 g/mol. The van der Waals surface area contributed by atoms with Gasteiger partial charge in [-0.1, -0.05) is 12.1 Å². The largest absolute Gasteiger partial charge is 0.330 e. The van der Waals surface area contributed by atoms with Crippen molar-refractivity contribution < 1.29 is 0 Å². The zero-order valence-corrected chi connectivity index (χ0v) is 15.5. The maximum absolute atomic E-state index is 4.96. The summed E-state index contributed by atoms with van der Waals surface area (Å²) in [7, 11) is 2.04. The van der Waals surface area contributed by atoms with Crippen LogP contribution in [-0.2, 0) is 13.6 Å². The number of likely N-dealkylation sites (tertiary alicyclic amines) is 1. The fourth-order valence-electron chi connectivity index (χ4n) is 3.70. The third-order valence-electron chi connectivity index (χ3n) is 5.39. The summed E-state index contributed by atoms with van der Waals surface area (Å²) in [5.74, 6) is 1.55. The van der Waals surface area contributed by atoms with Gasteiger partial charge in [0.1, 0.15) is 5.82 Å². The monoisotopic (exact) mass is 347 g/mol. The van der Waals surface area contributed by atoms with Crippen molar-refractivity contribution in [2.75, 3.05) is 13.1 Å². The van der Waals surface area contributed by atoms with Crippen molar-refractivity contribution in [2.45, 2.75) is 32.2 Å².